The summed E-state index contributed by atoms with van der Waals surface area (Å²) < 4.78 is 1.46. The highest BCUT2D eigenvalue weighted by molar-refractivity contribution is 5.57. The molecule has 0 aliphatic rings. The Balaban J connectivity index is 1.94. The van der Waals surface area contributed by atoms with Gasteiger partial charge < -0.3 is 10.0 Å². The molecule has 6 heteroatoms. The van der Waals surface area contributed by atoms with Gasteiger partial charge in [0.15, 0.2) is 5.69 Å². The van der Waals surface area contributed by atoms with Crippen LogP contribution in [0.5, 0.6) is 5.88 Å². The SMILES string of the molecule is Cc1nn(-c2ccccc2)c(O)c1/N=N/c1cccc(N(C)C)c1. The summed E-state index contributed by atoms with van der Waals surface area (Å²) in [7, 11) is 3.94. The minimum absolute atomic E-state index is 0.0220. The second-order valence-corrected chi connectivity index (χ2v) is 5.62. The number of azo groups is 1. The van der Waals surface area contributed by atoms with Crippen molar-refractivity contribution in [3.8, 4) is 11.6 Å². The molecule has 0 radical (unpaired) electrons. The largest absolute Gasteiger partial charge is 0.492 e. The van der Waals surface area contributed by atoms with Gasteiger partial charge >= 0.3 is 0 Å². The fraction of sp³-hybridized carbons (Fsp3) is 0.167. The summed E-state index contributed by atoms with van der Waals surface area (Å²) in [6.45, 7) is 1.80. The van der Waals surface area contributed by atoms with Gasteiger partial charge in [-0.15, -0.1) is 5.11 Å². The number of hydrogen-bond acceptors (Lipinski definition) is 5. The Bertz CT molecular complexity index is 868. The molecule has 3 aromatic rings. The summed E-state index contributed by atoms with van der Waals surface area (Å²) in [5.41, 5.74) is 3.51. The number of anilines is 1. The van der Waals surface area contributed by atoms with Gasteiger partial charge in [-0.05, 0) is 37.3 Å². The molecule has 0 saturated carbocycles. The zero-order valence-corrected chi connectivity index (χ0v) is 13.9. The van der Waals surface area contributed by atoms with Gasteiger partial charge in [-0.2, -0.15) is 14.9 Å². The lowest BCUT2D eigenvalue weighted by molar-refractivity contribution is 0.434. The maximum atomic E-state index is 10.4. The van der Waals surface area contributed by atoms with Gasteiger partial charge in [0.05, 0.1) is 17.1 Å². The monoisotopic (exact) mass is 321 g/mol. The molecule has 2 aromatic carbocycles. The molecule has 6 nitrogen and oxygen atoms in total. The highest BCUT2D eigenvalue weighted by atomic mass is 16.3. The van der Waals surface area contributed by atoms with Crippen LogP contribution in [0.3, 0.4) is 0 Å². The van der Waals surface area contributed by atoms with Gasteiger partial charge in [0.2, 0.25) is 5.88 Å². The van der Waals surface area contributed by atoms with E-state index in [2.05, 4.69) is 15.3 Å². The first-order chi connectivity index (χ1) is 11.6. The van der Waals surface area contributed by atoms with Crippen LogP contribution in [-0.2, 0) is 0 Å². The molecule has 24 heavy (non-hydrogen) atoms. The molecule has 0 fully saturated rings. The Kier molecular flexibility index (Phi) is 4.29. The predicted octanol–water partition coefficient (Wildman–Crippen LogP) is 4.37. The lowest BCUT2D eigenvalue weighted by Gasteiger charge is -2.11. The first-order valence-electron chi connectivity index (χ1n) is 7.59. The number of nitrogens with zero attached hydrogens (tertiary/aromatic N) is 5. The van der Waals surface area contributed by atoms with Crippen molar-refractivity contribution >= 4 is 17.1 Å². The molecule has 0 aliphatic heterocycles. The molecule has 0 spiro atoms. The van der Waals surface area contributed by atoms with Gasteiger partial charge in [-0.3, -0.25) is 0 Å². The third-order valence-electron chi connectivity index (χ3n) is 3.62. The summed E-state index contributed by atoms with van der Waals surface area (Å²) in [5, 5.41) is 23.2. The summed E-state index contributed by atoms with van der Waals surface area (Å²) in [5.74, 6) is -0.0220. The minimum Gasteiger partial charge on any atom is -0.492 e. The van der Waals surface area contributed by atoms with Crippen LogP contribution in [0.1, 0.15) is 5.69 Å². The quantitative estimate of drug-likeness (QED) is 0.726. The van der Waals surface area contributed by atoms with Crippen molar-refractivity contribution in [2.75, 3.05) is 19.0 Å². The molecule has 0 aliphatic carbocycles. The minimum atomic E-state index is -0.0220. The Labute approximate surface area is 140 Å². The molecule has 3 rings (SSSR count). The van der Waals surface area contributed by atoms with Crippen molar-refractivity contribution in [3.05, 3.63) is 60.3 Å². The molecule has 0 unspecified atom stereocenters. The van der Waals surface area contributed by atoms with Gasteiger partial charge in [-0.25, -0.2) is 0 Å². The number of hydrogen-bond donors (Lipinski definition) is 1. The topological polar surface area (TPSA) is 66.0 Å². The second-order valence-electron chi connectivity index (χ2n) is 5.62. The van der Waals surface area contributed by atoms with E-state index in [0.717, 1.165) is 11.4 Å². The van der Waals surface area contributed by atoms with E-state index < -0.39 is 0 Å². The van der Waals surface area contributed by atoms with Crippen LogP contribution in [0, 0.1) is 6.92 Å². The molecule has 0 bridgehead atoms. The first kappa shape index (κ1) is 15.7. The van der Waals surface area contributed by atoms with Crippen molar-refractivity contribution in [1.29, 1.82) is 0 Å². The highest BCUT2D eigenvalue weighted by Gasteiger charge is 2.15. The van der Waals surface area contributed by atoms with Gasteiger partial charge in [0.1, 0.15) is 0 Å². The van der Waals surface area contributed by atoms with E-state index in [1.807, 2.05) is 73.6 Å². The number of aromatic nitrogens is 2. The maximum Gasteiger partial charge on any atom is 0.243 e. The van der Waals surface area contributed by atoms with Crippen molar-refractivity contribution < 1.29 is 5.11 Å². The number of aryl methyl sites for hydroxylation is 1. The van der Waals surface area contributed by atoms with E-state index in [1.54, 1.807) is 6.92 Å². The summed E-state index contributed by atoms with van der Waals surface area (Å²) >= 11 is 0. The summed E-state index contributed by atoms with van der Waals surface area (Å²) in [6.07, 6.45) is 0. The fourth-order valence-corrected chi connectivity index (χ4v) is 2.31. The molecule has 0 saturated heterocycles. The number of para-hydroxylation sites is 1. The van der Waals surface area contributed by atoms with Crippen molar-refractivity contribution in [3.63, 3.8) is 0 Å². The summed E-state index contributed by atoms with van der Waals surface area (Å²) in [4.78, 5) is 2.00. The molecule has 1 N–H and O–H groups in total. The van der Waals surface area contributed by atoms with E-state index >= 15 is 0 Å². The molecule has 1 aromatic heterocycles. The third kappa shape index (κ3) is 3.12. The Morgan fingerprint density at radius 3 is 2.46 bits per heavy atom. The Morgan fingerprint density at radius 1 is 1.00 bits per heavy atom. The van der Waals surface area contributed by atoms with E-state index in [4.69, 9.17) is 0 Å². The normalized spacial score (nSPS) is 11.1. The average Bonchev–Trinajstić information content (AvgIpc) is 2.88. The zero-order valence-electron chi connectivity index (χ0n) is 13.9. The van der Waals surface area contributed by atoms with Gasteiger partial charge in [0.25, 0.3) is 0 Å². The lowest BCUT2D eigenvalue weighted by Crippen LogP contribution is -2.07. The van der Waals surface area contributed by atoms with E-state index in [-0.39, 0.29) is 5.88 Å². The van der Waals surface area contributed by atoms with Crippen molar-refractivity contribution in [2.24, 2.45) is 10.2 Å². The van der Waals surface area contributed by atoms with Gasteiger partial charge in [0, 0.05) is 19.8 Å². The van der Waals surface area contributed by atoms with E-state index in [0.29, 0.717) is 17.1 Å². The Hall–Kier alpha value is -3.15. The van der Waals surface area contributed by atoms with Crippen molar-refractivity contribution in [2.45, 2.75) is 6.92 Å². The molecule has 0 amide bonds. The number of rotatable bonds is 4. The van der Waals surface area contributed by atoms with Crippen LogP contribution in [-0.4, -0.2) is 29.0 Å². The number of benzene rings is 2. The van der Waals surface area contributed by atoms with E-state index in [1.165, 1.54) is 4.68 Å². The molecular formula is C18H19N5O. The number of aromatic hydroxyl groups is 1. The van der Waals surface area contributed by atoms with Crippen LogP contribution >= 0.6 is 0 Å². The lowest BCUT2D eigenvalue weighted by atomic mass is 10.3. The van der Waals surface area contributed by atoms with Crippen LogP contribution in [0.2, 0.25) is 0 Å². The molecule has 0 atom stereocenters. The smallest absolute Gasteiger partial charge is 0.243 e. The van der Waals surface area contributed by atoms with Crippen molar-refractivity contribution in [1.82, 2.24) is 9.78 Å². The van der Waals surface area contributed by atoms with Gasteiger partial charge in [-0.1, -0.05) is 24.3 Å². The molecule has 1 heterocycles. The fourth-order valence-electron chi connectivity index (χ4n) is 2.31. The Morgan fingerprint density at radius 2 is 1.75 bits per heavy atom. The molecular weight excluding hydrogens is 302 g/mol. The average molecular weight is 321 g/mol. The van der Waals surface area contributed by atoms with Crippen LogP contribution in [0.15, 0.2) is 64.8 Å². The first-order valence-corrected chi connectivity index (χ1v) is 7.59. The maximum absolute atomic E-state index is 10.4. The second kappa shape index (κ2) is 6.54. The van der Waals surface area contributed by atoms with Crippen LogP contribution in [0.25, 0.3) is 5.69 Å². The standard InChI is InChI=1S/C18H19N5O/c1-13-17(18(24)23(21-13)15-9-5-4-6-10-15)20-19-14-8-7-11-16(12-14)22(2)3/h4-12,24H,1-3H3/b20-19+. The molecule has 122 valence electrons. The van der Waals surface area contributed by atoms with E-state index in [9.17, 15) is 5.11 Å². The zero-order chi connectivity index (χ0) is 17.1. The summed E-state index contributed by atoms with van der Waals surface area (Å²) in [6, 6.07) is 17.1. The third-order valence-corrected chi connectivity index (χ3v) is 3.62. The highest BCUT2D eigenvalue weighted by Crippen LogP contribution is 2.33. The van der Waals surface area contributed by atoms with Crippen LogP contribution in [0.4, 0.5) is 17.1 Å². The van der Waals surface area contributed by atoms with Crippen LogP contribution < -0.4 is 4.90 Å². The predicted molar refractivity (Wildman–Crippen MR) is 94.9 cm³/mol.